The number of ether oxygens (including phenoxy) is 2. The van der Waals surface area contributed by atoms with E-state index in [1.807, 2.05) is 25.1 Å². The quantitative estimate of drug-likeness (QED) is 0.358. The van der Waals surface area contributed by atoms with Crippen LogP contribution < -0.4 is 14.8 Å². The molecule has 7 heteroatoms. The number of nitrogens with zero attached hydrogens (tertiary/aromatic N) is 1. The molecule has 0 aliphatic carbocycles. The maximum absolute atomic E-state index is 13.1. The first kappa shape index (κ1) is 22.9. The summed E-state index contributed by atoms with van der Waals surface area (Å²) in [5.41, 5.74) is 2.67. The molecule has 0 unspecified atom stereocenters. The Hall–Kier alpha value is -3.82. The number of benzene rings is 3. The van der Waals surface area contributed by atoms with Crippen molar-refractivity contribution in [2.45, 2.75) is 13.5 Å². The van der Waals surface area contributed by atoms with E-state index in [9.17, 15) is 14.4 Å². The second kappa shape index (κ2) is 10.5. The minimum absolute atomic E-state index is 0.0913. The highest BCUT2D eigenvalue weighted by molar-refractivity contribution is 6.32. The van der Waals surface area contributed by atoms with Crippen LogP contribution in [0, 0.1) is 24.1 Å². The van der Waals surface area contributed by atoms with Gasteiger partial charge in [-0.1, -0.05) is 41.9 Å². The molecule has 0 fully saturated rings. The largest absolute Gasteiger partial charge is 0.493 e. The number of methoxy groups -OCH3 is 1. The van der Waals surface area contributed by atoms with Crippen molar-refractivity contribution in [1.29, 1.82) is 5.26 Å². The number of halogens is 2. The van der Waals surface area contributed by atoms with Gasteiger partial charge in [-0.25, -0.2) is 4.39 Å². The highest BCUT2D eigenvalue weighted by Crippen LogP contribution is 2.37. The van der Waals surface area contributed by atoms with E-state index in [0.29, 0.717) is 22.7 Å². The standard InChI is InChI=1S/C25H20ClFN2O3/c1-16-5-3-4-6-22(16)29-25(30)19(14-28)11-18-12-21(26)24(23(13-18)31-2)32-15-17-7-9-20(27)10-8-17/h3-13H,15H2,1-2H3,(H,29,30)/b19-11-. The van der Waals surface area contributed by atoms with Gasteiger partial charge in [0.1, 0.15) is 24.1 Å². The summed E-state index contributed by atoms with van der Waals surface area (Å²) in [6.45, 7) is 2.02. The lowest BCUT2D eigenvalue weighted by molar-refractivity contribution is -0.112. The summed E-state index contributed by atoms with van der Waals surface area (Å²) in [4.78, 5) is 12.6. The lowest BCUT2D eigenvalue weighted by Crippen LogP contribution is -2.14. The van der Waals surface area contributed by atoms with Gasteiger partial charge in [0.05, 0.1) is 12.1 Å². The van der Waals surface area contributed by atoms with Crippen LogP contribution in [0.15, 0.2) is 66.2 Å². The average Bonchev–Trinajstić information content (AvgIpc) is 2.79. The molecule has 3 rings (SSSR count). The number of anilines is 1. The van der Waals surface area contributed by atoms with Crippen molar-refractivity contribution in [1.82, 2.24) is 0 Å². The van der Waals surface area contributed by atoms with Crippen molar-refractivity contribution >= 4 is 29.3 Å². The van der Waals surface area contributed by atoms with Gasteiger partial charge in [0, 0.05) is 5.69 Å². The molecule has 5 nitrogen and oxygen atoms in total. The molecule has 0 bridgehead atoms. The second-order valence-corrected chi connectivity index (χ2v) is 7.30. The fraction of sp³-hybridized carbons (Fsp3) is 0.120. The van der Waals surface area contributed by atoms with Crippen LogP contribution in [0.4, 0.5) is 10.1 Å². The zero-order valence-electron chi connectivity index (χ0n) is 17.5. The molecule has 0 heterocycles. The highest BCUT2D eigenvalue weighted by Gasteiger charge is 2.15. The monoisotopic (exact) mass is 450 g/mol. The van der Waals surface area contributed by atoms with Crippen molar-refractivity contribution in [3.8, 4) is 17.6 Å². The van der Waals surface area contributed by atoms with Gasteiger partial charge in [0.25, 0.3) is 5.91 Å². The van der Waals surface area contributed by atoms with Gasteiger partial charge in [-0.3, -0.25) is 4.79 Å². The Morgan fingerprint density at radius 3 is 2.56 bits per heavy atom. The summed E-state index contributed by atoms with van der Waals surface area (Å²) in [5.74, 6) is -0.227. The Morgan fingerprint density at radius 2 is 1.91 bits per heavy atom. The molecule has 0 saturated heterocycles. The van der Waals surface area contributed by atoms with Gasteiger partial charge >= 0.3 is 0 Å². The van der Waals surface area contributed by atoms with Crippen LogP contribution in [0.3, 0.4) is 0 Å². The molecular formula is C25H20ClFN2O3. The molecule has 1 N–H and O–H groups in total. The maximum atomic E-state index is 13.1. The first-order valence-corrected chi connectivity index (χ1v) is 10.0. The molecule has 1 amide bonds. The van der Waals surface area contributed by atoms with Crippen LogP contribution in [0.25, 0.3) is 6.08 Å². The molecule has 0 spiro atoms. The van der Waals surface area contributed by atoms with E-state index in [2.05, 4.69) is 5.32 Å². The van der Waals surface area contributed by atoms with Crippen LogP contribution in [-0.4, -0.2) is 13.0 Å². The summed E-state index contributed by atoms with van der Waals surface area (Å²) in [5, 5.41) is 12.5. The van der Waals surface area contributed by atoms with E-state index >= 15 is 0 Å². The zero-order chi connectivity index (χ0) is 23.1. The lowest BCUT2D eigenvalue weighted by Gasteiger charge is -2.14. The van der Waals surface area contributed by atoms with E-state index in [4.69, 9.17) is 21.1 Å². The van der Waals surface area contributed by atoms with Crippen LogP contribution in [-0.2, 0) is 11.4 Å². The Balaban J connectivity index is 1.82. The van der Waals surface area contributed by atoms with Gasteiger partial charge in [-0.15, -0.1) is 0 Å². The van der Waals surface area contributed by atoms with E-state index < -0.39 is 5.91 Å². The molecule has 0 aliphatic rings. The number of hydrogen-bond acceptors (Lipinski definition) is 4. The fourth-order valence-electron chi connectivity index (χ4n) is 2.92. The first-order valence-electron chi connectivity index (χ1n) is 9.65. The molecule has 0 atom stereocenters. The molecule has 162 valence electrons. The number of rotatable bonds is 7. The van der Waals surface area contributed by atoms with Crippen molar-refractivity contribution in [2.24, 2.45) is 0 Å². The smallest absolute Gasteiger partial charge is 0.266 e. The van der Waals surface area contributed by atoms with Gasteiger partial charge < -0.3 is 14.8 Å². The number of nitriles is 1. The van der Waals surface area contributed by atoms with Gasteiger partial charge in [-0.05, 0) is 60.0 Å². The van der Waals surface area contributed by atoms with Crippen molar-refractivity contribution in [3.05, 3.63) is 93.8 Å². The van der Waals surface area contributed by atoms with E-state index in [0.717, 1.165) is 11.1 Å². The number of carbonyl (C=O) groups is 1. The number of hydrogen-bond donors (Lipinski definition) is 1. The Bertz CT molecular complexity index is 1200. The van der Waals surface area contributed by atoms with Crippen LogP contribution in [0.1, 0.15) is 16.7 Å². The van der Waals surface area contributed by atoms with E-state index in [1.165, 1.54) is 25.3 Å². The fourth-order valence-corrected chi connectivity index (χ4v) is 3.19. The van der Waals surface area contributed by atoms with Gasteiger partial charge in [-0.2, -0.15) is 5.26 Å². The van der Waals surface area contributed by atoms with Crippen LogP contribution >= 0.6 is 11.6 Å². The number of carbonyl (C=O) groups excluding carboxylic acids is 1. The predicted octanol–water partition coefficient (Wildman–Crippen LogP) is 5.92. The predicted molar refractivity (Wildman–Crippen MR) is 122 cm³/mol. The summed E-state index contributed by atoms with van der Waals surface area (Å²) in [7, 11) is 1.46. The third-order valence-corrected chi connectivity index (χ3v) is 4.90. The first-order chi connectivity index (χ1) is 15.4. The maximum Gasteiger partial charge on any atom is 0.266 e. The van der Waals surface area contributed by atoms with Crippen LogP contribution in [0.2, 0.25) is 5.02 Å². The van der Waals surface area contributed by atoms with Gasteiger partial charge in [0.15, 0.2) is 11.5 Å². The molecular weight excluding hydrogens is 431 g/mol. The molecule has 0 aliphatic heterocycles. The summed E-state index contributed by atoms with van der Waals surface area (Å²) >= 11 is 6.38. The molecule has 32 heavy (non-hydrogen) atoms. The number of para-hydroxylation sites is 1. The minimum atomic E-state index is -0.534. The third kappa shape index (κ3) is 5.65. The summed E-state index contributed by atoms with van der Waals surface area (Å²) < 4.78 is 24.2. The second-order valence-electron chi connectivity index (χ2n) is 6.89. The summed E-state index contributed by atoms with van der Waals surface area (Å²) in [6, 6.07) is 18.3. The molecule has 3 aromatic carbocycles. The van der Waals surface area contributed by atoms with Crippen molar-refractivity contribution in [3.63, 3.8) is 0 Å². The molecule has 0 aromatic heterocycles. The Kier molecular flexibility index (Phi) is 7.48. The number of nitrogens with one attached hydrogen (secondary N) is 1. The minimum Gasteiger partial charge on any atom is -0.493 e. The molecule has 3 aromatic rings. The number of amides is 1. The average molecular weight is 451 g/mol. The lowest BCUT2D eigenvalue weighted by atomic mass is 10.1. The topological polar surface area (TPSA) is 71.3 Å². The molecule has 0 saturated carbocycles. The Labute approximate surface area is 190 Å². The Morgan fingerprint density at radius 1 is 1.19 bits per heavy atom. The van der Waals surface area contributed by atoms with Crippen molar-refractivity contribution in [2.75, 3.05) is 12.4 Å². The zero-order valence-corrected chi connectivity index (χ0v) is 18.2. The van der Waals surface area contributed by atoms with Gasteiger partial charge in [0.2, 0.25) is 0 Å². The van der Waals surface area contributed by atoms with E-state index in [1.54, 1.807) is 36.4 Å². The highest BCUT2D eigenvalue weighted by atomic mass is 35.5. The van der Waals surface area contributed by atoms with Crippen molar-refractivity contribution < 1.29 is 18.7 Å². The third-order valence-electron chi connectivity index (χ3n) is 4.62. The van der Waals surface area contributed by atoms with Crippen LogP contribution in [0.5, 0.6) is 11.5 Å². The SMILES string of the molecule is COc1cc(/C=C(/C#N)C(=O)Nc2ccccc2C)cc(Cl)c1OCc1ccc(F)cc1. The van der Waals surface area contributed by atoms with E-state index in [-0.39, 0.29) is 23.0 Å². The summed E-state index contributed by atoms with van der Waals surface area (Å²) in [6.07, 6.45) is 1.42. The molecule has 0 radical (unpaired) electrons. The normalized spacial score (nSPS) is 10.9. The number of aryl methyl sites for hydroxylation is 1.